The van der Waals surface area contributed by atoms with E-state index in [1.165, 1.54) is 12.1 Å². The average molecular weight is 207 g/mol. The highest BCUT2D eigenvalue weighted by molar-refractivity contribution is 6.31. The van der Waals surface area contributed by atoms with E-state index in [0.29, 0.717) is 10.6 Å². The minimum absolute atomic E-state index is 0.0116. The lowest BCUT2D eigenvalue weighted by Crippen LogP contribution is -2.26. The highest BCUT2D eigenvalue weighted by atomic mass is 35.5. The quantitative estimate of drug-likeness (QED) is 0.650. The normalized spacial score (nSPS) is 17.5. The molecule has 0 N–H and O–H groups in total. The molecule has 13 heavy (non-hydrogen) atoms. The van der Waals surface area contributed by atoms with Crippen molar-refractivity contribution in [2.75, 3.05) is 0 Å². The van der Waals surface area contributed by atoms with Gasteiger partial charge in [-0.05, 0) is 19.1 Å². The highest BCUT2D eigenvalue weighted by Gasteiger charge is 2.44. The number of benzene rings is 1. The first-order chi connectivity index (χ1) is 5.99. The van der Waals surface area contributed by atoms with Crippen molar-refractivity contribution in [3.8, 4) is 11.5 Å². The molecule has 1 aliphatic rings. The van der Waals surface area contributed by atoms with Crippen LogP contribution in [0.2, 0.25) is 5.02 Å². The lowest BCUT2D eigenvalue weighted by atomic mass is 10.2. The van der Waals surface area contributed by atoms with Crippen LogP contribution in [0.1, 0.15) is 5.56 Å². The Bertz CT molecular complexity index is 365. The highest BCUT2D eigenvalue weighted by Crippen LogP contribution is 2.45. The summed E-state index contributed by atoms with van der Waals surface area (Å²) in [5.41, 5.74) is 0.455. The summed E-state index contributed by atoms with van der Waals surface area (Å²) >= 11 is 5.71. The Kier molecular flexibility index (Phi) is 1.63. The predicted octanol–water partition coefficient (Wildman–Crippen LogP) is 2.97. The van der Waals surface area contributed by atoms with Crippen LogP contribution >= 0.6 is 11.6 Å². The fraction of sp³-hybridized carbons (Fsp3) is 0.250. The van der Waals surface area contributed by atoms with Gasteiger partial charge in [0.2, 0.25) is 0 Å². The molecule has 1 aromatic carbocycles. The van der Waals surface area contributed by atoms with Gasteiger partial charge in [-0.15, -0.1) is 8.78 Å². The van der Waals surface area contributed by atoms with Crippen molar-refractivity contribution in [3.05, 3.63) is 22.7 Å². The second-order valence-electron chi connectivity index (χ2n) is 2.67. The molecule has 70 valence electrons. The van der Waals surface area contributed by atoms with Crippen molar-refractivity contribution in [1.29, 1.82) is 0 Å². The molecule has 0 saturated carbocycles. The molecule has 0 bridgehead atoms. The van der Waals surface area contributed by atoms with Crippen LogP contribution in [-0.2, 0) is 0 Å². The maximum absolute atomic E-state index is 12.6. The number of hydrogen-bond acceptors (Lipinski definition) is 2. The van der Waals surface area contributed by atoms with E-state index in [4.69, 9.17) is 11.6 Å². The van der Waals surface area contributed by atoms with Crippen LogP contribution in [0, 0.1) is 6.92 Å². The van der Waals surface area contributed by atoms with Gasteiger partial charge in [-0.2, -0.15) is 0 Å². The molecule has 2 rings (SSSR count). The lowest BCUT2D eigenvalue weighted by Gasteiger charge is -2.05. The van der Waals surface area contributed by atoms with Crippen LogP contribution in [0.5, 0.6) is 11.5 Å². The van der Waals surface area contributed by atoms with Crippen molar-refractivity contribution >= 4 is 11.6 Å². The van der Waals surface area contributed by atoms with Crippen LogP contribution in [0.15, 0.2) is 12.1 Å². The molecule has 0 radical (unpaired) electrons. The molecule has 1 aliphatic heterocycles. The third-order valence-electron chi connectivity index (χ3n) is 1.75. The Balaban J connectivity index is 2.53. The number of ether oxygens (including phenoxy) is 2. The Morgan fingerprint density at radius 2 is 2.00 bits per heavy atom. The first kappa shape index (κ1) is 8.56. The second kappa shape index (κ2) is 2.48. The van der Waals surface area contributed by atoms with Crippen molar-refractivity contribution in [2.24, 2.45) is 0 Å². The van der Waals surface area contributed by atoms with E-state index in [2.05, 4.69) is 9.47 Å². The van der Waals surface area contributed by atoms with Crippen LogP contribution in [0.4, 0.5) is 8.78 Å². The summed E-state index contributed by atoms with van der Waals surface area (Å²) in [5, 5.41) is 0.375. The minimum atomic E-state index is -3.57. The van der Waals surface area contributed by atoms with Crippen molar-refractivity contribution in [1.82, 2.24) is 0 Å². The lowest BCUT2D eigenvalue weighted by molar-refractivity contribution is -0.286. The number of hydrogen-bond donors (Lipinski definition) is 0. The van der Waals surface area contributed by atoms with E-state index < -0.39 is 6.29 Å². The average Bonchev–Trinajstić information content (AvgIpc) is 2.34. The van der Waals surface area contributed by atoms with E-state index in [1.54, 1.807) is 6.92 Å². The Morgan fingerprint density at radius 3 is 2.69 bits per heavy atom. The zero-order valence-corrected chi connectivity index (χ0v) is 7.36. The van der Waals surface area contributed by atoms with Gasteiger partial charge in [0.15, 0.2) is 11.5 Å². The van der Waals surface area contributed by atoms with Gasteiger partial charge in [0, 0.05) is 10.6 Å². The molecule has 1 aromatic rings. The summed E-state index contributed by atoms with van der Waals surface area (Å²) in [6, 6.07) is 2.84. The van der Waals surface area contributed by atoms with Gasteiger partial charge in [0.25, 0.3) is 0 Å². The van der Waals surface area contributed by atoms with E-state index in [1.807, 2.05) is 0 Å². The molecule has 5 heteroatoms. The molecule has 1 heterocycles. The summed E-state index contributed by atoms with van der Waals surface area (Å²) in [5.74, 6) is 0.0319. The zero-order chi connectivity index (χ0) is 9.64. The van der Waals surface area contributed by atoms with Gasteiger partial charge in [0.1, 0.15) is 0 Å². The summed E-state index contributed by atoms with van der Waals surface area (Å²) in [4.78, 5) is 0. The second-order valence-corrected chi connectivity index (χ2v) is 3.07. The Morgan fingerprint density at radius 1 is 1.31 bits per heavy atom. The molecule has 0 atom stereocenters. The molecule has 0 aliphatic carbocycles. The monoisotopic (exact) mass is 206 g/mol. The van der Waals surface area contributed by atoms with Gasteiger partial charge in [-0.3, -0.25) is 0 Å². The van der Waals surface area contributed by atoms with Crippen LogP contribution in [0.3, 0.4) is 0 Å². The molecule has 0 spiro atoms. The third kappa shape index (κ3) is 1.31. The smallest absolute Gasteiger partial charge is 0.395 e. The molecular formula is C8H5ClF2O2. The van der Waals surface area contributed by atoms with Gasteiger partial charge in [0.05, 0.1) is 0 Å². The molecular weight excluding hydrogens is 202 g/mol. The summed E-state index contributed by atoms with van der Waals surface area (Å²) < 4.78 is 33.6. The first-order valence-electron chi connectivity index (χ1n) is 3.54. The summed E-state index contributed by atoms with van der Waals surface area (Å²) in [6.07, 6.45) is -3.57. The number of alkyl halides is 2. The van der Waals surface area contributed by atoms with Crippen molar-refractivity contribution in [3.63, 3.8) is 0 Å². The standard InChI is InChI=1S/C8H5ClF2O2/c1-4-5(9)2-3-6-7(4)13-8(10,11)12-6/h2-3H,1H3. The van der Waals surface area contributed by atoms with Crippen molar-refractivity contribution < 1.29 is 18.3 Å². The van der Waals surface area contributed by atoms with Crippen LogP contribution < -0.4 is 9.47 Å². The van der Waals surface area contributed by atoms with E-state index in [-0.39, 0.29) is 11.5 Å². The Labute approximate surface area is 78.0 Å². The number of rotatable bonds is 0. The minimum Gasteiger partial charge on any atom is -0.395 e. The fourth-order valence-corrected chi connectivity index (χ4v) is 1.27. The largest absolute Gasteiger partial charge is 0.586 e. The molecule has 0 fully saturated rings. The molecule has 0 amide bonds. The van der Waals surface area contributed by atoms with Crippen molar-refractivity contribution in [2.45, 2.75) is 13.2 Å². The van der Waals surface area contributed by atoms with Gasteiger partial charge < -0.3 is 9.47 Å². The van der Waals surface area contributed by atoms with E-state index in [0.717, 1.165) is 0 Å². The van der Waals surface area contributed by atoms with Gasteiger partial charge >= 0.3 is 6.29 Å². The van der Waals surface area contributed by atoms with Gasteiger partial charge in [-0.1, -0.05) is 11.6 Å². The third-order valence-corrected chi connectivity index (χ3v) is 2.16. The number of halogens is 3. The molecule has 0 saturated heterocycles. The van der Waals surface area contributed by atoms with Gasteiger partial charge in [-0.25, -0.2) is 0 Å². The van der Waals surface area contributed by atoms with E-state index in [9.17, 15) is 8.78 Å². The van der Waals surface area contributed by atoms with Crippen LogP contribution in [0.25, 0.3) is 0 Å². The zero-order valence-electron chi connectivity index (χ0n) is 6.61. The molecule has 0 unspecified atom stereocenters. The Hall–Kier alpha value is -1.03. The molecule has 2 nitrogen and oxygen atoms in total. The topological polar surface area (TPSA) is 18.5 Å². The first-order valence-corrected chi connectivity index (χ1v) is 3.92. The number of fused-ring (bicyclic) bond motifs is 1. The summed E-state index contributed by atoms with van der Waals surface area (Å²) in [7, 11) is 0. The fourth-order valence-electron chi connectivity index (χ4n) is 1.12. The predicted molar refractivity (Wildman–Crippen MR) is 42.4 cm³/mol. The van der Waals surface area contributed by atoms with E-state index >= 15 is 0 Å². The summed E-state index contributed by atoms with van der Waals surface area (Å²) in [6.45, 7) is 1.59. The SMILES string of the molecule is Cc1c(Cl)ccc2c1OC(F)(F)O2. The maximum atomic E-state index is 12.6. The molecule has 0 aromatic heterocycles. The maximum Gasteiger partial charge on any atom is 0.586 e. The van der Waals surface area contributed by atoms with Crippen LogP contribution in [-0.4, -0.2) is 6.29 Å².